The molecule has 2 N–H and O–H groups in total. The fraction of sp³-hybridized carbons (Fsp3) is 0.562. The van der Waals surface area contributed by atoms with Crippen molar-refractivity contribution in [1.82, 2.24) is 14.9 Å². The highest BCUT2D eigenvalue weighted by molar-refractivity contribution is 7.89. The lowest BCUT2D eigenvalue weighted by molar-refractivity contribution is 0.0954. The van der Waals surface area contributed by atoms with Gasteiger partial charge in [-0.2, -0.15) is 4.31 Å². The summed E-state index contributed by atoms with van der Waals surface area (Å²) in [6.45, 7) is 4.04. The average Bonchev–Trinajstić information content (AvgIpc) is 2.56. The number of nitrogens with zero attached hydrogens (tertiary/aromatic N) is 1. The van der Waals surface area contributed by atoms with Crippen molar-refractivity contribution >= 4 is 28.3 Å². The summed E-state index contributed by atoms with van der Waals surface area (Å²) < 4.78 is 27.2. The molecule has 0 saturated carbocycles. The van der Waals surface area contributed by atoms with Crippen LogP contribution >= 0.6 is 12.4 Å². The fourth-order valence-electron chi connectivity index (χ4n) is 2.67. The Labute approximate surface area is 150 Å². The minimum absolute atomic E-state index is 0. The van der Waals surface area contributed by atoms with Crippen molar-refractivity contribution in [1.29, 1.82) is 0 Å². The standard InChI is InChI=1S/C16H25N3O3S.ClH/c1-13-6-7-14(16(20)18-9-8-17-2)12-15(13)23(21,22)19-10-4-3-5-11-19;/h6-7,12,17H,3-5,8-11H2,1-2H3,(H,18,20);1H. The molecule has 1 amide bonds. The molecule has 136 valence electrons. The Hall–Kier alpha value is -1.15. The van der Waals surface area contributed by atoms with Crippen LogP contribution in [0.4, 0.5) is 0 Å². The van der Waals surface area contributed by atoms with Gasteiger partial charge in [-0.25, -0.2) is 8.42 Å². The zero-order valence-corrected chi connectivity index (χ0v) is 15.8. The molecule has 1 aliphatic heterocycles. The molecule has 0 aliphatic carbocycles. The van der Waals surface area contributed by atoms with E-state index in [0.29, 0.717) is 37.3 Å². The summed E-state index contributed by atoms with van der Waals surface area (Å²) in [5.74, 6) is -0.254. The van der Waals surface area contributed by atoms with Gasteiger partial charge in [-0.3, -0.25) is 4.79 Å². The Morgan fingerprint density at radius 3 is 2.46 bits per heavy atom. The van der Waals surface area contributed by atoms with Gasteiger partial charge in [0.15, 0.2) is 0 Å². The minimum Gasteiger partial charge on any atom is -0.351 e. The number of hydrogen-bond acceptors (Lipinski definition) is 4. The minimum atomic E-state index is -3.53. The second-order valence-electron chi connectivity index (χ2n) is 5.80. The molecule has 0 unspecified atom stereocenters. The van der Waals surface area contributed by atoms with E-state index in [4.69, 9.17) is 0 Å². The predicted molar refractivity (Wildman–Crippen MR) is 97.3 cm³/mol. The lowest BCUT2D eigenvalue weighted by Crippen LogP contribution is -2.36. The lowest BCUT2D eigenvalue weighted by Gasteiger charge is -2.26. The highest BCUT2D eigenvalue weighted by Crippen LogP contribution is 2.24. The van der Waals surface area contributed by atoms with Crippen LogP contribution < -0.4 is 10.6 Å². The van der Waals surface area contributed by atoms with Gasteiger partial charge in [-0.1, -0.05) is 12.5 Å². The molecule has 1 fully saturated rings. The second-order valence-corrected chi connectivity index (χ2v) is 7.71. The third-order valence-corrected chi connectivity index (χ3v) is 6.08. The largest absolute Gasteiger partial charge is 0.351 e. The van der Waals surface area contributed by atoms with E-state index in [-0.39, 0.29) is 23.2 Å². The quantitative estimate of drug-likeness (QED) is 0.739. The molecule has 0 atom stereocenters. The zero-order chi connectivity index (χ0) is 16.9. The number of halogens is 1. The van der Waals surface area contributed by atoms with Gasteiger partial charge in [0.1, 0.15) is 0 Å². The van der Waals surface area contributed by atoms with E-state index in [9.17, 15) is 13.2 Å². The fourth-order valence-corrected chi connectivity index (χ4v) is 4.43. The van der Waals surface area contributed by atoms with Gasteiger partial charge in [-0.05, 0) is 44.5 Å². The van der Waals surface area contributed by atoms with Crippen LogP contribution in [0.25, 0.3) is 0 Å². The molecule has 1 saturated heterocycles. The summed E-state index contributed by atoms with van der Waals surface area (Å²) in [5.41, 5.74) is 1.05. The van der Waals surface area contributed by atoms with Gasteiger partial charge in [-0.15, -0.1) is 12.4 Å². The second kappa shape index (κ2) is 9.36. The van der Waals surface area contributed by atoms with Gasteiger partial charge < -0.3 is 10.6 Å². The van der Waals surface area contributed by atoms with Crippen LogP contribution in [0.3, 0.4) is 0 Å². The van der Waals surface area contributed by atoms with Crippen molar-refractivity contribution in [3.05, 3.63) is 29.3 Å². The van der Waals surface area contributed by atoms with Crippen molar-refractivity contribution in [3.8, 4) is 0 Å². The third kappa shape index (κ3) is 4.92. The SMILES string of the molecule is CNCCNC(=O)c1ccc(C)c(S(=O)(=O)N2CCCCC2)c1.Cl. The van der Waals surface area contributed by atoms with Crippen molar-refractivity contribution in [3.63, 3.8) is 0 Å². The maximum Gasteiger partial charge on any atom is 0.251 e. The van der Waals surface area contributed by atoms with E-state index in [1.165, 1.54) is 10.4 Å². The smallest absolute Gasteiger partial charge is 0.251 e. The van der Waals surface area contributed by atoms with E-state index in [1.807, 2.05) is 0 Å². The number of hydrogen-bond donors (Lipinski definition) is 2. The molecule has 0 bridgehead atoms. The van der Waals surface area contributed by atoms with Crippen LogP contribution in [0, 0.1) is 6.92 Å². The molecule has 1 aromatic carbocycles. The Morgan fingerprint density at radius 1 is 1.17 bits per heavy atom. The molecule has 24 heavy (non-hydrogen) atoms. The first-order valence-corrected chi connectivity index (χ1v) is 9.44. The van der Waals surface area contributed by atoms with Gasteiger partial charge >= 0.3 is 0 Å². The lowest BCUT2D eigenvalue weighted by atomic mass is 10.1. The first kappa shape index (κ1) is 20.9. The molecule has 0 aromatic heterocycles. The molecule has 2 rings (SSSR count). The topological polar surface area (TPSA) is 78.5 Å². The van der Waals surface area contributed by atoms with Crippen LogP contribution in [0.2, 0.25) is 0 Å². The van der Waals surface area contributed by atoms with Crippen molar-refractivity contribution in [2.24, 2.45) is 0 Å². The molecular formula is C16H26ClN3O3S. The molecule has 0 radical (unpaired) electrons. The number of carbonyl (C=O) groups excluding carboxylic acids is 1. The van der Waals surface area contributed by atoms with Crippen molar-refractivity contribution in [2.75, 3.05) is 33.2 Å². The summed E-state index contributed by atoms with van der Waals surface area (Å²) in [5, 5.41) is 5.71. The van der Waals surface area contributed by atoms with E-state index < -0.39 is 10.0 Å². The van der Waals surface area contributed by atoms with E-state index >= 15 is 0 Å². The highest BCUT2D eigenvalue weighted by atomic mass is 35.5. The Kier molecular flexibility index (Phi) is 8.15. The summed E-state index contributed by atoms with van der Waals surface area (Å²) in [4.78, 5) is 12.4. The van der Waals surface area contributed by atoms with Gasteiger partial charge in [0, 0.05) is 31.7 Å². The van der Waals surface area contributed by atoms with Crippen LogP contribution in [0.1, 0.15) is 35.2 Å². The number of nitrogens with one attached hydrogen (secondary N) is 2. The Bertz CT molecular complexity index is 659. The van der Waals surface area contributed by atoms with Crippen LogP contribution in [0.5, 0.6) is 0 Å². The summed E-state index contributed by atoms with van der Waals surface area (Å²) in [6.07, 6.45) is 2.85. The van der Waals surface area contributed by atoms with E-state index in [2.05, 4.69) is 10.6 Å². The average molecular weight is 376 g/mol. The zero-order valence-electron chi connectivity index (χ0n) is 14.2. The monoisotopic (exact) mass is 375 g/mol. The van der Waals surface area contributed by atoms with Crippen LogP contribution in [0.15, 0.2) is 23.1 Å². The first-order valence-electron chi connectivity index (χ1n) is 8.00. The molecule has 1 heterocycles. The number of sulfonamides is 1. The maximum atomic E-state index is 12.8. The number of amides is 1. The summed E-state index contributed by atoms with van der Waals surface area (Å²) in [7, 11) is -1.73. The number of rotatable bonds is 6. The Balaban J connectivity index is 0.00000288. The van der Waals surface area contributed by atoms with Crippen molar-refractivity contribution in [2.45, 2.75) is 31.1 Å². The maximum absolute atomic E-state index is 12.8. The highest BCUT2D eigenvalue weighted by Gasteiger charge is 2.28. The van der Waals surface area contributed by atoms with Gasteiger partial charge in [0.05, 0.1) is 4.90 Å². The van der Waals surface area contributed by atoms with Crippen molar-refractivity contribution < 1.29 is 13.2 Å². The number of piperidine rings is 1. The first-order chi connectivity index (χ1) is 11.0. The molecule has 6 nitrogen and oxygen atoms in total. The number of benzene rings is 1. The van der Waals surface area contributed by atoms with Crippen LogP contribution in [-0.2, 0) is 10.0 Å². The molecule has 8 heteroatoms. The predicted octanol–water partition coefficient (Wildman–Crippen LogP) is 1.54. The van der Waals surface area contributed by atoms with Crippen LogP contribution in [-0.4, -0.2) is 51.9 Å². The number of aryl methyl sites for hydroxylation is 1. The molecule has 0 spiro atoms. The number of carbonyl (C=O) groups is 1. The number of likely N-dealkylation sites (N-methyl/N-ethyl adjacent to an activating group) is 1. The summed E-state index contributed by atoms with van der Waals surface area (Å²) >= 11 is 0. The molecule has 1 aliphatic rings. The van der Waals surface area contributed by atoms with Gasteiger partial charge in [0.2, 0.25) is 10.0 Å². The van der Waals surface area contributed by atoms with E-state index in [1.54, 1.807) is 26.1 Å². The van der Waals surface area contributed by atoms with Gasteiger partial charge in [0.25, 0.3) is 5.91 Å². The normalized spacial score (nSPS) is 15.6. The molecular weight excluding hydrogens is 350 g/mol. The third-order valence-electron chi connectivity index (χ3n) is 4.04. The Morgan fingerprint density at radius 2 is 1.83 bits per heavy atom. The molecule has 1 aromatic rings. The van der Waals surface area contributed by atoms with E-state index in [0.717, 1.165) is 19.3 Å². The summed E-state index contributed by atoms with van der Waals surface area (Å²) in [6, 6.07) is 4.86.